The summed E-state index contributed by atoms with van der Waals surface area (Å²) in [4.78, 5) is 37.2. The van der Waals surface area contributed by atoms with Crippen molar-refractivity contribution in [2.24, 2.45) is 0 Å². The molecule has 0 radical (unpaired) electrons. The number of benzene rings is 1. The summed E-state index contributed by atoms with van der Waals surface area (Å²) in [5, 5.41) is 2.35. The molecule has 1 heterocycles. The third-order valence-electron chi connectivity index (χ3n) is 3.61. The number of hydrogen-bond acceptors (Lipinski definition) is 4. The number of nitrogens with one attached hydrogen (secondary N) is 1. The van der Waals surface area contributed by atoms with E-state index in [1.165, 1.54) is 0 Å². The smallest absolute Gasteiger partial charge is 0.265 e. The Morgan fingerprint density at radius 1 is 1.28 bits per heavy atom. The quantitative estimate of drug-likeness (QED) is 0.729. The van der Waals surface area contributed by atoms with Crippen LogP contribution in [-0.2, 0) is 17.9 Å². The number of H-pyrrole nitrogens is 1. The molecule has 0 aliphatic heterocycles. The number of likely N-dealkylation sites (N-methyl/N-ethyl adjacent to an activating group) is 1. The SMILES string of the molecule is C=CCOc1ccccc1CN(CC)C(=O)Cn1[nH]c(=O)ccc1=O. The van der Waals surface area contributed by atoms with Gasteiger partial charge >= 0.3 is 0 Å². The van der Waals surface area contributed by atoms with Gasteiger partial charge in [0, 0.05) is 30.8 Å². The molecular weight excluding hydrogens is 322 g/mol. The molecule has 25 heavy (non-hydrogen) atoms. The standard InChI is InChI=1S/C18H21N3O4/c1-3-11-25-15-8-6-5-7-14(15)12-20(4-2)18(24)13-21-17(23)10-9-16(22)19-21/h3,5-10H,1,4,11-13H2,2H3,(H,19,22). The summed E-state index contributed by atoms with van der Waals surface area (Å²) in [6.07, 6.45) is 1.65. The van der Waals surface area contributed by atoms with Crippen LogP contribution in [0.15, 0.2) is 58.6 Å². The van der Waals surface area contributed by atoms with Crippen molar-refractivity contribution in [3.05, 3.63) is 75.3 Å². The lowest BCUT2D eigenvalue weighted by Crippen LogP contribution is -2.38. The second-order valence-electron chi connectivity index (χ2n) is 5.35. The minimum absolute atomic E-state index is 0.224. The van der Waals surface area contributed by atoms with E-state index in [1.54, 1.807) is 11.0 Å². The van der Waals surface area contributed by atoms with Crippen molar-refractivity contribution in [3.63, 3.8) is 0 Å². The number of amides is 1. The van der Waals surface area contributed by atoms with Gasteiger partial charge in [0.25, 0.3) is 11.1 Å². The summed E-state index contributed by atoms with van der Waals surface area (Å²) >= 11 is 0. The monoisotopic (exact) mass is 343 g/mol. The molecule has 0 aliphatic rings. The van der Waals surface area contributed by atoms with E-state index in [9.17, 15) is 14.4 Å². The van der Waals surface area contributed by atoms with Crippen LogP contribution in [0.3, 0.4) is 0 Å². The first-order valence-corrected chi connectivity index (χ1v) is 7.94. The fourth-order valence-corrected chi connectivity index (χ4v) is 2.32. The fourth-order valence-electron chi connectivity index (χ4n) is 2.32. The number of carbonyl (C=O) groups is 1. The van der Waals surface area contributed by atoms with Gasteiger partial charge in [-0.15, -0.1) is 0 Å². The van der Waals surface area contributed by atoms with E-state index in [-0.39, 0.29) is 12.5 Å². The molecule has 0 fully saturated rings. The highest BCUT2D eigenvalue weighted by molar-refractivity contribution is 5.76. The second kappa shape index (κ2) is 8.68. The number of carbonyl (C=O) groups excluding carboxylic acids is 1. The molecule has 0 aliphatic carbocycles. The van der Waals surface area contributed by atoms with E-state index >= 15 is 0 Å². The van der Waals surface area contributed by atoms with Crippen molar-refractivity contribution in [1.29, 1.82) is 0 Å². The van der Waals surface area contributed by atoms with Gasteiger partial charge in [0.15, 0.2) is 0 Å². The molecule has 0 saturated carbocycles. The van der Waals surface area contributed by atoms with Gasteiger partial charge in [0.05, 0.1) is 0 Å². The van der Waals surface area contributed by atoms with E-state index in [2.05, 4.69) is 11.7 Å². The van der Waals surface area contributed by atoms with Gasteiger partial charge in [-0.2, -0.15) is 0 Å². The highest BCUT2D eigenvalue weighted by Crippen LogP contribution is 2.20. The maximum Gasteiger partial charge on any atom is 0.265 e. The number of ether oxygens (including phenoxy) is 1. The normalized spacial score (nSPS) is 10.3. The Kier molecular flexibility index (Phi) is 6.33. The summed E-state index contributed by atoms with van der Waals surface area (Å²) in [6, 6.07) is 9.71. The topological polar surface area (TPSA) is 84.4 Å². The molecular formula is C18H21N3O4. The molecule has 7 heteroatoms. The Balaban J connectivity index is 2.15. The third kappa shape index (κ3) is 4.94. The molecule has 1 aromatic heterocycles. The van der Waals surface area contributed by atoms with E-state index in [0.717, 1.165) is 22.4 Å². The Bertz CT molecular complexity index is 854. The number of hydrogen-bond donors (Lipinski definition) is 1. The third-order valence-corrected chi connectivity index (χ3v) is 3.61. The second-order valence-corrected chi connectivity index (χ2v) is 5.35. The van der Waals surface area contributed by atoms with Gasteiger partial charge in [-0.3, -0.25) is 19.5 Å². The molecule has 132 valence electrons. The van der Waals surface area contributed by atoms with Crippen molar-refractivity contribution in [3.8, 4) is 5.75 Å². The molecule has 7 nitrogen and oxygen atoms in total. The van der Waals surface area contributed by atoms with Gasteiger partial charge in [-0.25, -0.2) is 4.68 Å². The zero-order valence-corrected chi connectivity index (χ0v) is 14.1. The van der Waals surface area contributed by atoms with Crippen molar-refractivity contribution >= 4 is 5.91 Å². The number of aromatic amines is 1. The average Bonchev–Trinajstić information content (AvgIpc) is 2.61. The Hall–Kier alpha value is -3.09. The number of para-hydroxylation sites is 1. The molecule has 0 atom stereocenters. The van der Waals surface area contributed by atoms with Gasteiger partial charge < -0.3 is 9.64 Å². The minimum Gasteiger partial charge on any atom is -0.489 e. The molecule has 0 saturated heterocycles. The summed E-state index contributed by atoms with van der Waals surface area (Å²) in [6.45, 7) is 6.42. The summed E-state index contributed by atoms with van der Waals surface area (Å²) in [7, 11) is 0. The Labute approximate surface area is 145 Å². The zero-order valence-electron chi connectivity index (χ0n) is 14.1. The first-order chi connectivity index (χ1) is 12.0. The van der Waals surface area contributed by atoms with Crippen LogP contribution in [0.25, 0.3) is 0 Å². The zero-order chi connectivity index (χ0) is 18.2. The van der Waals surface area contributed by atoms with E-state index in [0.29, 0.717) is 25.4 Å². The predicted molar refractivity (Wildman–Crippen MR) is 94.5 cm³/mol. The number of rotatable bonds is 8. The number of nitrogens with zero attached hydrogens (tertiary/aromatic N) is 2. The van der Waals surface area contributed by atoms with Crippen LogP contribution in [-0.4, -0.2) is 33.7 Å². The molecule has 1 N–H and O–H groups in total. The van der Waals surface area contributed by atoms with Crippen LogP contribution in [0.5, 0.6) is 5.75 Å². The summed E-state index contributed by atoms with van der Waals surface area (Å²) < 4.78 is 6.61. The van der Waals surface area contributed by atoms with Crippen LogP contribution in [0.4, 0.5) is 0 Å². The van der Waals surface area contributed by atoms with E-state index < -0.39 is 11.1 Å². The van der Waals surface area contributed by atoms with Crippen LogP contribution < -0.4 is 15.9 Å². The van der Waals surface area contributed by atoms with Crippen LogP contribution >= 0.6 is 0 Å². The summed E-state index contributed by atoms with van der Waals surface area (Å²) in [5.74, 6) is 0.406. The lowest BCUT2D eigenvalue weighted by Gasteiger charge is -2.22. The van der Waals surface area contributed by atoms with E-state index in [1.807, 2.05) is 31.2 Å². The molecule has 0 unspecified atom stereocenters. The Morgan fingerprint density at radius 2 is 2.04 bits per heavy atom. The van der Waals surface area contributed by atoms with Crippen molar-refractivity contribution in [1.82, 2.24) is 14.7 Å². The maximum atomic E-state index is 12.5. The molecule has 0 spiro atoms. The largest absolute Gasteiger partial charge is 0.489 e. The first-order valence-electron chi connectivity index (χ1n) is 7.94. The van der Waals surface area contributed by atoms with Crippen LogP contribution in [0.1, 0.15) is 12.5 Å². The fraction of sp³-hybridized carbons (Fsp3) is 0.278. The molecule has 1 aromatic carbocycles. The highest BCUT2D eigenvalue weighted by Gasteiger charge is 2.16. The van der Waals surface area contributed by atoms with Crippen LogP contribution in [0.2, 0.25) is 0 Å². The highest BCUT2D eigenvalue weighted by atomic mass is 16.5. The summed E-state index contributed by atoms with van der Waals surface area (Å²) in [5.41, 5.74) is -0.00853. The van der Waals surface area contributed by atoms with Gasteiger partial charge in [0.1, 0.15) is 18.9 Å². The Morgan fingerprint density at radius 3 is 2.76 bits per heavy atom. The van der Waals surface area contributed by atoms with Crippen molar-refractivity contribution < 1.29 is 9.53 Å². The van der Waals surface area contributed by atoms with Gasteiger partial charge in [-0.05, 0) is 13.0 Å². The van der Waals surface area contributed by atoms with Gasteiger partial charge in [-0.1, -0.05) is 30.9 Å². The average molecular weight is 343 g/mol. The van der Waals surface area contributed by atoms with Crippen molar-refractivity contribution in [2.45, 2.75) is 20.0 Å². The first kappa shape index (κ1) is 18.3. The molecule has 0 bridgehead atoms. The minimum atomic E-state index is -0.432. The van der Waals surface area contributed by atoms with Crippen molar-refractivity contribution in [2.75, 3.05) is 13.2 Å². The predicted octanol–water partition coefficient (Wildman–Crippen LogP) is 1.15. The lowest BCUT2D eigenvalue weighted by molar-refractivity contribution is -0.132. The van der Waals surface area contributed by atoms with E-state index in [4.69, 9.17) is 4.74 Å². The maximum absolute atomic E-state index is 12.5. The number of aromatic nitrogens is 2. The molecule has 2 aromatic rings. The van der Waals surface area contributed by atoms with Gasteiger partial charge in [0.2, 0.25) is 5.91 Å². The van der Waals surface area contributed by atoms with Crippen LogP contribution in [0, 0.1) is 0 Å². The lowest BCUT2D eigenvalue weighted by atomic mass is 10.2. The molecule has 1 amide bonds. The molecule has 2 rings (SSSR count).